The number of nitrogens with one attached hydrogen (secondary N) is 1. The van der Waals surface area contributed by atoms with Gasteiger partial charge < -0.3 is 15.2 Å². The first-order valence-corrected chi connectivity index (χ1v) is 7.76. The molecule has 2 fully saturated rings. The van der Waals surface area contributed by atoms with Gasteiger partial charge in [0, 0.05) is 31.3 Å². The lowest BCUT2D eigenvalue weighted by atomic mass is 9.58. The van der Waals surface area contributed by atoms with Crippen molar-refractivity contribution in [2.75, 3.05) is 26.4 Å². The van der Waals surface area contributed by atoms with Crippen LogP contribution < -0.4 is 10.1 Å². The van der Waals surface area contributed by atoms with Crippen LogP contribution in [-0.4, -0.2) is 48.9 Å². The van der Waals surface area contributed by atoms with Crippen LogP contribution in [0.2, 0.25) is 0 Å². The first-order chi connectivity index (χ1) is 11.4. The highest BCUT2D eigenvalue weighted by atomic mass is 19.3. The van der Waals surface area contributed by atoms with Gasteiger partial charge >= 0.3 is 6.61 Å². The van der Waals surface area contributed by atoms with E-state index in [9.17, 15) is 18.0 Å². The lowest BCUT2D eigenvalue weighted by molar-refractivity contribution is -0.121. The normalized spacial score (nSPS) is 19.9. The van der Waals surface area contributed by atoms with Crippen LogP contribution in [0.15, 0.2) is 18.2 Å². The molecular weight excluding hydrogens is 325 g/mol. The molecule has 24 heavy (non-hydrogen) atoms. The van der Waals surface area contributed by atoms with Gasteiger partial charge in [0.15, 0.2) is 0 Å². The number of halogens is 3. The predicted octanol–water partition coefficient (Wildman–Crippen LogP) is 1.82. The van der Waals surface area contributed by atoms with Gasteiger partial charge in [-0.15, -0.1) is 0 Å². The Morgan fingerprint density at radius 1 is 1.38 bits per heavy atom. The molecule has 2 N–H and O–H groups in total. The molecule has 0 aromatic heterocycles. The smallest absolute Gasteiger partial charge is 0.387 e. The van der Waals surface area contributed by atoms with Gasteiger partial charge in [-0.05, 0) is 36.3 Å². The molecule has 1 amide bonds. The molecule has 1 spiro atoms. The monoisotopic (exact) mass is 344 g/mol. The van der Waals surface area contributed by atoms with E-state index in [0.717, 1.165) is 44.1 Å². The number of likely N-dealkylation sites (tertiary alicyclic amines) is 1. The minimum atomic E-state index is -3.07. The average molecular weight is 344 g/mol. The van der Waals surface area contributed by atoms with Crippen LogP contribution in [-0.2, 0) is 0 Å². The van der Waals surface area contributed by atoms with Crippen LogP contribution in [0.5, 0.6) is 5.75 Å². The second kappa shape index (κ2) is 6.60. The summed E-state index contributed by atoms with van der Waals surface area (Å²) in [7, 11) is 0. The number of aliphatic hydroxyl groups is 1. The number of ether oxygens (including phenoxy) is 1. The van der Waals surface area contributed by atoms with E-state index in [4.69, 9.17) is 5.11 Å². The Hall–Kier alpha value is -1.80. The number of carbonyl (C=O) groups excluding carboxylic acids is 1. The highest BCUT2D eigenvalue weighted by Crippen LogP contribution is 2.51. The summed E-state index contributed by atoms with van der Waals surface area (Å²) in [5, 5.41) is 11.7. The van der Waals surface area contributed by atoms with Gasteiger partial charge in [-0.1, -0.05) is 0 Å². The maximum Gasteiger partial charge on any atom is 0.387 e. The van der Waals surface area contributed by atoms with E-state index in [0.29, 0.717) is 12.5 Å². The molecule has 1 heterocycles. The number of amides is 1. The molecule has 0 bridgehead atoms. The third-order valence-corrected chi connectivity index (χ3v) is 4.67. The Kier molecular flexibility index (Phi) is 4.69. The maximum atomic E-state index is 13.4. The van der Waals surface area contributed by atoms with E-state index in [1.54, 1.807) is 0 Å². The Morgan fingerprint density at radius 3 is 2.71 bits per heavy atom. The molecule has 0 unspecified atom stereocenters. The number of rotatable bonds is 6. The molecule has 5 nitrogen and oxygen atoms in total. The summed E-state index contributed by atoms with van der Waals surface area (Å²) in [6.45, 7) is -0.777. The number of nitrogens with zero attached hydrogens (tertiary/aromatic N) is 1. The van der Waals surface area contributed by atoms with Crippen molar-refractivity contribution in [1.82, 2.24) is 10.2 Å². The molecule has 1 aliphatic carbocycles. The van der Waals surface area contributed by atoms with Crippen molar-refractivity contribution in [2.45, 2.75) is 19.5 Å². The van der Waals surface area contributed by atoms with Crippen molar-refractivity contribution in [3.63, 3.8) is 0 Å². The maximum absolute atomic E-state index is 13.4. The van der Waals surface area contributed by atoms with Gasteiger partial charge in [0.05, 0.1) is 6.73 Å². The number of benzene rings is 1. The summed E-state index contributed by atoms with van der Waals surface area (Å²) in [5.74, 6) is -1.35. The number of alkyl halides is 2. The zero-order valence-corrected chi connectivity index (χ0v) is 13.0. The van der Waals surface area contributed by atoms with Crippen molar-refractivity contribution in [1.29, 1.82) is 0 Å². The average Bonchev–Trinajstić information content (AvgIpc) is 2.42. The van der Waals surface area contributed by atoms with E-state index in [-0.39, 0.29) is 23.5 Å². The van der Waals surface area contributed by atoms with Crippen LogP contribution in [0, 0.1) is 17.2 Å². The van der Waals surface area contributed by atoms with Crippen LogP contribution in [0.25, 0.3) is 0 Å². The second-order valence-electron chi connectivity index (χ2n) is 6.67. The summed E-state index contributed by atoms with van der Waals surface area (Å²) in [6, 6.07) is 2.89. The zero-order chi connectivity index (χ0) is 17.3. The van der Waals surface area contributed by atoms with E-state index < -0.39 is 18.3 Å². The fraction of sp³-hybridized carbons (Fsp3) is 0.562. The number of aliphatic hydroxyl groups excluding tert-OH is 1. The first kappa shape index (κ1) is 17.0. The second-order valence-corrected chi connectivity index (χ2v) is 6.67. The molecule has 2 aliphatic rings. The quantitative estimate of drug-likeness (QED) is 0.826. The highest BCUT2D eigenvalue weighted by Gasteiger charge is 2.51. The van der Waals surface area contributed by atoms with Crippen LogP contribution in [0.4, 0.5) is 13.2 Å². The third kappa shape index (κ3) is 3.64. The molecule has 1 aliphatic heterocycles. The fourth-order valence-corrected chi connectivity index (χ4v) is 3.77. The number of hydrogen-bond acceptors (Lipinski definition) is 4. The van der Waals surface area contributed by atoms with E-state index in [1.165, 1.54) is 0 Å². The summed E-state index contributed by atoms with van der Waals surface area (Å²) < 4.78 is 41.9. The van der Waals surface area contributed by atoms with Gasteiger partial charge in [0.2, 0.25) is 0 Å². The van der Waals surface area contributed by atoms with Crippen molar-refractivity contribution >= 4 is 5.91 Å². The van der Waals surface area contributed by atoms with E-state index in [1.807, 2.05) is 4.90 Å². The Bertz CT molecular complexity index is 613. The van der Waals surface area contributed by atoms with Crippen molar-refractivity contribution < 1.29 is 27.8 Å². The van der Waals surface area contributed by atoms with Gasteiger partial charge in [-0.2, -0.15) is 8.78 Å². The van der Waals surface area contributed by atoms with Gasteiger partial charge in [0.25, 0.3) is 5.91 Å². The standard InChI is InChI=1S/C16H19F3N2O3/c17-12-1-11(2-13(3-12)24-15(18)19)14(23)20-6-10-4-16(5-10)7-21(8-16)9-22/h1-3,10,15,22H,4-9H2,(H,20,23). The van der Waals surface area contributed by atoms with Crippen LogP contribution in [0.1, 0.15) is 23.2 Å². The van der Waals surface area contributed by atoms with Gasteiger partial charge in [-0.25, -0.2) is 4.39 Å². The SMILES string of the molecule is O=C(NCC1CC2(C1)CN(CO)C2)c1cc(F)cc(OC(F)F)c1. The van der Waals surface area contributed by atoms with E-state index in [2.05, 4.69) is 10.1 Å². The zero-order valence-electron chi connectivity index (χ0n) is 13.0. The fourth-order valence-electron chi connectivity index (χ4n) is 3.77. The molecule has 1 aromatic carbocycles. The third-order valence-electron chi connectivity index (χ3n) is 4.67. The molecule has 0 radical (unpaired) electrons. The van der Waals surface area contributed by atoms with Crippen molar-refractivity contribution in [3.8, 4) is 5.75 Å². The number of hydrogen-bond donors (Lipinski definition) is 2. The lowest BCUT2D eigenvalue weighted by Gasteiger charge is -2.58. The van der Waals surface area contributed by atoms with Gasteiger partial charge in [-0.3, -0.25) is 9.69 Å². The van der Waals surface area contributed by atoms with Crippen molar-refractivity contribution in [3.05, 3.63) is 29.6 Å². The summed E-state index contributed by atoms with van der Waals surface area (Å²) in [6.07, 6.45) is 1.96. The Morgan fingerprint density at radius 2 is 2.08 bits per heavy atom. The predicted molar refractivity (Wildman–Crippen MR) is 79.2 cm³/mol. The van der Waals surface area contributed by atoms with Gasteiger partial charge in [0.1, 0.15) is 11.6 Å². The minimum Gasteiger partial charge on any atom is -0.435 e. The lowest BCUT2D eigenvalue weighted by Crippen LogP contribution is -2.63. The Labute approximate surface area is 137 Å². The summed E-state index contributed by atoms with van der Waals surface area (Å²) in [5.41, 5.74) is 0.227. The molecule has 1 saturated carbocycles. The molecule has 1 saturated heterocycles. The molecule has 8 heteroatoms. The topological polar surface area (TPSA) is 61.8 Å². The molecule has 1 aromatic rings. The largest absolute Gasteiger partial charge is 0.435 e. The summed E-state index contributed by atoms with van der Waals surface area (Å²) in [4.78, 5) is 14.0. The molecule has 3 rings (SSSR count). The summed E-state index contributed by atoms with van der Waals surface area (Å²) >= 11 is 0. The van der Waals surface area contributed by atoms with Crippen LogP contribution >= 0.6 is 0 Å². The number of carbonyl (C=O) groups is 1. The highest BCUT2D eigenvalue weighted by molar-refractivity contribution is 5.94. The Balaban J connectivity index is 1.48. The molecule has 132 valence electrons. The minimum absolute atomic E-state index is 0.0465. The first-order valence-electron chi connectivity index (χ1n) is 7.76. The molecular formula is C16H19F3N2O3. The van der Waals surface area contributed by atoms with Crippen molar-refractivity contribution in [2.24, 2.45) is 11.3 Å². The van der Waals surface area contributed by atoms with E-state index >= 15 is 0 Å². The van der Waals surface area contributed by atoms with Crippen LogP contribution in [0.3, 0.4) is 0 Å². The molecule has 0 atom stereocenters.